The van der Waals surface area contributed by atoms with Crippen molar-refractivity contribution in [3.63, 3.8) is 0 Å². The number of nitrogens with zero attached hydrogens (tertiary/aromatic N) is 8. The van der Waals surface area contributed by atoms with Crippen LogP contribution in [0.5, 0.6) is 0 Å². The molecule has 4 aromatic rings. The van der Waals surface area contributed by atoms with E-state index in [4.69, 9.17) is 35.8 Å². The number of ether oxygens (including phenoxy) is 2. The van der Waals surface area contributed by atoms with E-state index in [2.05, 4.69) is 29.9 Å². The third-order valence-corrected chi connectivity index (χ3v) is 4.85. The molecule has 17 heteroatoms. The monoisotopic (exact) mass is 482 g/mol. The van der Waals surface area contributed by atoms with Crippen LogP contribution in [0.2, 0.25) is 0 Å². The Bertz CT molecular complexity index is 1240. The number of nitrogen functional groups attached to an aromatic ring is 2. The van der Waals surface area contributed by atoms with Crippen molar-refractivity contribution in [2.75, 3.05) is 37.4 Å². The molecule has 0 atom stereocenters. The number of aliphatic hydroxyl groups is 1. The minimum Gasteiger partial charge on any atom is -0.394 e. The van der Waals surface area contributed by atoms with Gasteiger partial charge in [-0.05, 0) is 0 Å². The fourth-order valence-electron chi connectivity index (χ4n) is 2.56. The zero-order valence-electron chi connectivity index (χ0n) is 17.3. The van der Waals surface area contributed by atoms with Gasteiger partial charge in [0.25, 0.3) is 0 Å². The van der Waals surface area contributed by atoms with E-state index in [1.165, 1.54) is 19.0 Å². The van der Waals surface area contributed by atoms with E-state index in [9.17, 15) is 4.57 Å². The molecule has 0 fully saturated rings. The maximum absolute atomic E-state index is 10.6. The van der Waals surface area contributed by atoms with Crippen LogP contribution in [0.15, 0.2) is 25.3 Å². The van der Waals surface area contributed by atoms with Crippen LogP contribution in [0.4, 0.5) is 11.6 Å². The summed E-state index contributed by atoms with van der Waals surface area (Å²) in [5.41, 5.74) is 13.4. The summed E-state index contributed by atoms with van der Waals surface area (Å²) in [6.07, 6.45) is 5.42. The second-order valence-corrected chi connectivity index (χ2v) is 8.25. The van der Waals surface area contributed by atoms with Crippen molar-refractivity contribution in [3.8, 4) is 0 Å². The number of aromatic nitrogens is 8. The minimum absolute atomic E-state index is 0.0102. The van der Waals surface area contributed by atoms with E-state index in [0.717, 1.165) is 0 Å². The molecule has 4 aromatic heterocycles. The van der Waals surface area contributed by atoms with Gasteiger partial charge in [0.15, 0.2) is 22.9 Å². The second kappa shape index (κ2) is 11.0. The van der Waals surface area contributed by atoms with Gasteiger partial charge in [-0.3, -0.25) is 13.7 Å². The molecule has 16 nitrogen and oxygen atoms in total. The third kappa shape index (κ3) is 6.61. The Labute approximate surface area is 186 Å². The van der Waals surface area contributed by atoms with E-state index >= 15 is 0 Å². The molecular formula is C16H23N10O6P. The Morgan fingerprint density at radius 3 is 1.76 bits per heavy atom. The van der Waals surface area contributed by atoms with Crippen molar-refractivity contribution >= 4 is 41.6 Å². The number of hydrogen-bond donors (Lipinski definition) is 5. The summed E-state index contributed by atoms with van der Waals surface area (Å²) < 4.78 is 24.2. The van der Waals surface area contributed by atoms with Gasteiger partial charge in [-0.2, -0.15) is 0 Å². The highest BCUT2D eigenvalue weighted by Gasteiger charge is 2.13. The number of hydrogen-bond acceptors (Lipinski definition) is 12. The van der Waals surface area contributed by atoms with Gasteiger partial charge in [-0.1, -0.05) is 0 Å². The molecule has 0 bridgehead atoms. The zero-order chi connectivity index (χ0) is 23.8. The molecule has 4 heterocycles. The van der Waals surface area contributed by atoms with Gasteiger partial charge in [0.05, 0.1) is 38.6 Å². The molecule has 0 radical (unpaired) electrons. The first-order chi connectivity index (χ1) is 15.8. The number of nitrogens with two attached hydrogens (primary N) is 2. The largest absolute Gasteiger partial charge is 0.394 e. The minimum atomic E-state index is -4.02. The van der Waals surface area contributed by atoms with Crippen LogP contribution in [0.3, 0.4) is 0 Å². The molecule has 0 saturated carbocycles. The van der Waals surface area contributed by atoms with Gasteiger partial charge in [0, 0.05) is 0 Å². The SMILES string of the molecule is Nc1ncnc2c1ncn2COCCO.Nc1ncnc2c1ncn2COCCP(=O)(O)O. The van der Waals surface area contributed by atoms with Crippen LogP contribution in [0, 0.1) is 0 Å². The van der Waals surface area contributed by atoms with E-state index in [0.29, 0.717) is 28.1 Å². The Balaban J connectivity index is 0.000000189. The van der Waals surface area contributed by atoms with Gasteiger partial charge < -0.3 is 35.8 Å². The second-order valence-electron chi connectivity index (χ2n) is 6.48. The molecule has 178 valence electrons. The highest BCUT2D eigenvalue weighted by molar-refractivity contribution is 7.51. The molecule has 0 saturated heterocycles. The van der Waals surface area contributed by atoms with Gasteiger partial charge in [0.1, 0.15) is 37.1 Å². The molecule has 7 N–H and O–H groups in total. The van der Waals surface area contributed by atoms with Gasteiger partial charge >= 0.3 is 7.60 Å². The molecule has 0 aromatic carbocycles. The summed E-state index contributed by atoms with van der Waals surface area (Å²) in [6.45, 7) is 0.592. The lowest BCUT2D eigenvalue weighted by atomic mass is 10.5. The summed E-state index contributed by atoms with van der Waals surface area (Å²) in [4.78, 5) is 41.1. The first kappa shape index (κ1) is 24.4. The Morgan fingerprint density at radius 1 is 0.818 bits per heavy atom. The lowest BCUT2D eigenvalue weighted by Crippen LogP contribution is -2.06. The molecule has 0 aliphatic rings. The van der Waals surface area contributed by atoms with Crippen LogP contribution in [-0.2, 0) is 27.5 Å². The van der Waals surface area contributed by atoms with E-state index in [1.807, 2.05) is 0 Å². The standard InChI is InChI=1S/C8H12N5O4P.C8H11N5O2/c9-7-6-8(11-3-10-7)13(4-12-6)5-17-1-2-18(14,15)16;9-7-6-8(11-3-10-7)13(4-12-6)5-15-2-1-14/h3-4H,1-2,5H2,(H2,9,10,11)(H2,14,15,16);3-4,14H,1-2,5H2,(H2,9,10,11). The normalized spacial score (nSPS) is 11.6. The average molecular weight is 482 g/mol. The van der Waals surface area contributed by atoms with E-state index < -0.39 is 7.60 Å². The lowest BCUT2D eigenvalue weighted by molar-refractivity contribution is 0.0499. The third-order valence-electron chi connectivity index (χ3n) is 4.08. The maximum atomic E-state index is 10.6. The van der Waals surface area contributed by atoms with E-state index in [1.54, 1.807) is 15.5 Å². The van der Waals surface area contributed by atoms with Crippen LogP contribution < -0.4 is 11.5 Å². The lowest BCUT2D eigenvalue weighted by Gasteiger charge is -2.06. The van der Waals surface area contributed by atoms with Gasteiger partial charge in [0.2, 0.25) is 0 Å². The molecule has 0 spiro atoms. The molecule has 33 heavy (non-hydrogen) atoms. The summed E-state index contributed by atoms with van der Waals surface area (Å²) >= 11 is 0. The fraction of sp³-hybridized carbons (Fsp3) is 0.375. The fourth-order valence-corrected chi connectivity index (χ4v) is 2.93. The smallest absolute Gasteiger partial charge is 0.327 e. The molecule has 0 unspecified atom stereocenters. The van der Waals surface area contributed by atoms with Crippen molar-refractivity contribution in [3.05, 3.63) is 25.3 Å². The van der Waals surface area contributed by atoms with Crippen LogP contribution in [-0.4, -0.2) is 79.9 Å². The van der Waals surface area contributed by atoms with Crippen molar-refractivity contribution < 1.29 is 28.9 Å². The molecule has 4 rings (SSSR count). The Kier molecular flexibility index (Phi) is 8.16. The summed E-state index contributed by atoms with van der Waals surface area (Å²) in [5.74, 6) is 0.620. The highest BCUT2D eigenvalue weighted by atomic mass is 31.2. The maximum Gasteiger partial charge on any atom is 0.327 e. The number of imidazole rings is 2. The Hall–Kier alpha value is -3.27. The molecular weight excluding hydrogens is 459 g/mol. The quantitative estimate of drug-likeness (QED) is 0.141. The number of fused-ring (bicyclic) bond motifs is 2. The topological polar surface area (TPSA) is 235 Å². The average Bonchev–Trinajstić information content (AvgIpc) is 3.37. The summed E-state index contributed by atoms with van der Waals surface area (Å²) in [5, 5.41) is 8.56. The summed E-state index contributed by atoms with van der Waals surface area (Å²) in [7, 11) is -4.02. The van der Waals surface area contributed by atoms with Crippen LogP contribution in [0.25, 0.3) is 22.3 Å². The predicted octanol–water partition coefficient (Wildman–Crippen LogP) is -1.06. The van der Waals surface area contributed by atoms with Crippen LogP contribution >= 0.6 is 7.60 Å². The highest BCUT2D eigenvalue weighted by Crippen LogP contribution is 2.33. The van der Waals surface area contributed by atoms with Crippen molar-refractivity contribution in [1.29, 1.82) is 0 Å². The van der Waals surface area contributed by atoms with Gasteiger partial charge in [-0.15, -0.1) is 0 Å². The first-order valence-electron chi connectivity index (χ1n) is 9.43. The van der Waals surface area contributed by atoms with Crippen molar-refractivity contribution in [2.24, 2.45) is 0 Å². The number of rotatable bonds is 9. The first-order valence-corrected chi connectivity index (χ1v) is 11.2. The Morgan fingerprint density at radius 2 is 1.30 bits per heavy atom. The molecule has 0 aliphatic carbocycles. The van der Waals surface area contributed by atoms with Gasteiger partial charge in [-0.25, -0.2) is 29.9 Å². The number of anilines is 2. The van der Waals surface area contributed by atoms with E-state index in [-0.39, 0.29) is 45.3 Å². The summed E-state index contributed by atoms with van der Waals surface area (Å²) in [6, 6.07) is 0. The zero-order valence-corrected chi connectivity index (χ0v) is 18.2. The van der Waals surface area contributed by atoms with Crippen molar-refractivity contribution in [2.45, 2.75) is 13.5 Å². The van der Waals surface area contributed by atoms with Crippen molar-refractivity contribution in [1.82, 2.24) is 39.0 Å². The molecule has 0 amide bonds. The molecule has 0 aliphatic heterocycles. The number of aliphatic hydroxyl groups excluding tert-OH is 1. The predicted molar refractivity (Wildman–Crippen MR) is 115 cm³/mol. The van der Waals surface area contributed by atoms with Crippen LogP contribution in [0.1, 0.15) is 0 Å².